The number of hydrogen-bond acceptors (Lipinski definition) is 4. The lowest BCUT2D eigenvalue weighted by Crippen LogP contribution is -2.59. The Morgan fingerprint density at radius 1 is 0.654 bits per heavy atom. The maximum atomic E-state index is 13.0. The molecule has 1 aliphatic rings. The summed E-state index contributed by atoms with van der Waals surface area (Å²) in [6.45, 7) is 0. The Morgan fingerprint density at radius 3 is 1.19 bits per heavy atom. The van der Waals surface area contributed by atoms with E-state index in [1.165, 1.54) is 48.5 Å². The van der Waals surface area contributed by atoms with Crippen molar-refractivity contribution in [3.8, 4) is 0 Å². The zero-order chi connectivity index (χ0) is 18.9. The molecule has 26 heavy (non-hydrogen) atoms. The van der Waals surface area contributed by atoms with Crippen molar-refractivity contribution in [1.82, 2.24) is 0 Å². The Bertz CT molecular complexity index is 752. The molecule has 0 amide bonds. The van der Waals surface area contributed by atoms with E-state index >= 15 is 0 Å². The molecule has 0 aromatic heterocycles. The van der Waals surface area contributed by atoms with Gasteiger partial charge in [-0.1, -0.05) is 0 Å². The van der Waals surface area contributed by atoms with Crippen molar-refractivity contribution in [2.24, 2.45) is 11.5 Å². The fourth-order valence-corrected chi connectivity index (χ4v) is 3.37. The number of benzene rings is 2. The van der Waals surface area contributed by atoms with Crippen LogP contribution in [0.2, 0.25) is 0 Å². The third-order valence-electron chi connectivity index (χ3n) is 5.15. The van der Waals surface area contributed by atoms with Gasteiger partial charge in [-0.05, 0) is 74.2 Å². The summed E-state index contributed by atoms with van der Waals surface area (Å²) in [6, 6.07) is 10.5. The first-order chi connectivity index (χ1) is 12.2. The van der Waals surface area contributed by atoms with Crippen molar-refractivity contribution in [2.75, 3.05) is 0 Å². The summed E-state index contributed by atoms with van der Waals surface area (Å²) in [7, 11) is 0. The SMILES string of the molecule is NC1(C(=O)c2ccc(F)cc2)CCC(N)(C(=O)c2ccc(F)cc2)CC1. The Labute approximate surface area is 150 Å². The lowest BCUT2D eigenvalue weighted by atomic mass is 9.68. The molecule has 136 valence electrons. The molecular weight excluding hydrogens is 338 g/mol. The van der Waals surface area contributed by atoms with Gasteiger partial charge in [0.05, 0.1) is 11.1 Å². The van der Waals surface area contributed by atoms with Crippen LogP contribution in [0.1, 0.15) is 46.4 Å². The van der Waals surface area contributed by atoms with Crippen molar-refractivity contribution >= 4 is 11.6 Å². The number of halogens is 2. The molecule has 0 saturated heterocycles. The van der Waals surface area contributed by atoms with Crippen LogP contribution in [0.25, 0.3) is 0 Å². The van der Waals surface area contributed by atoms with Gasteiger partial charge in [-0.3, -0.25) is 9.59 Å². The van der Waals surface area contributed by atoms with Crippen LogP contribution in [0.4, 0.5) is 8.78 Å². The quantitative estimate of drug-likeness (QED) is 0.823. The topological polar surface area (TPSA) is 86.2 Å². The molecule has 4 N–H and O–H groups in total. The van der Waals surface area contributed by atoms with E-state index in [0.29, 0.717) is 11.1 Å². The predicted molar refractivity (Wildman–Crippen MR) is 93.8 cm³/mol. The van der Waals surface area contributed by atoms with Gasteiger partial charge in [0.1, 0.15) is 11.6 Å². The van der Waals surface area contributed by atoms with E-state index in [2.05, 4.69) is 0 Å². The second kappa shape index (κ2) is 6.70. The fourth-order valence-electron chi connectivity index (χ4n) is 3.37. The van der Waals surface area contributed by atoms with Gasteiger partial charge in [-0.2, -0.15) is 0 Å². The summed E-state index contributed by atoms with van der Waals surface area (Å²) < 4.78 is 26.1. The largest absolute Gasteiger partial charge is 0.319 e. The minimum absolute atomic E-state index is 0.243. The molecule has 0 aliphatic heterocycles. The lowest BCUT2D eigenvalue weighted by molar-refractivity contribution is 0.0723. The smallest absolute Gasteiger partial charge is 0.182 e. The Hall–Kier alpha value is -2.44. The van der Waals surface area contributed by atoms with Crippen LogP contribution in [0.15, 0.2) is 48.5 Å². The van der Waals surface area contributed by atoms with Crippen molar-refractivity contribution in [2.45, 2.75) is 36.8 Å². The Kier molecular flexibility index (Phi) is 4.73. The number of hydrogen-bond donors (Lipinski definition) is 2. The molecule has 1 saturated carbocycles. The van der Waals surface area contributed by atoms with Crippen molar-refractivity contribution in [3.63, 3.8) is 0 Å². The molecule has 1 fully saturated rings. The molecule has 0 spiro atoms. The molecule has 4 nitrogen and oxygen atoms in total. The van der Waals surface area contributed by atoms with E-state index < -0.39 is 22.7 Å². The number of carbonyl (C=O) groups excluding carboxylic acids is 2. The first-order valence-corrected chi connectivity index (χ1v) is 8.42. The molecule has 0 radical (unpaired) electrons. The van der Waals surface area contributed by atoms with Gasteiger partial charge in [0.2, 0.25) is 0 Å². The normalized spacial score (nSPS) is 25.7. The van der Waals surface area contributed by atoms with Crippen LogP contribution < -0.4 is 11.5 Å². The van der Waals surface area contributed by atoms with E-state index in [9.17, 15) is 18.4 Å². The van der Waals surface area contributed by atoms with Gasteiger partial charge >= 0.3 is 0 Å². The van der Waals surface area contributed by atoms with Gasteiger partial charge in [0.25, 0.3) is 0 Å². The van der Waals surface area contributed by atoms with Crippen LogP contribution in [-0.2, 0) is 0 Å². The number of carbonyl (C=O) groups is 2. The highest BCUT2D eigenvalue weighted by atomic mass is 19.1. The van der Waals surface area contributed by atoms with E-state index in [-0.39, 0.29) is 37.2 Å². The van der Waals surface area contributed by atoms with Gasteiger partial charge in [-0.15, -0.1) is 0 Å². The average Bonchev–Trinajstić information content (AvgIpc) is 2.64. The van der Waals surface area contributed by atoms with Crippen molar-refractivity contribution < 1.29 is 18.4 Å². The fraction of sp³-hybridized carbons (Fsp3) is 0.300. The maximum absolute atomic E-state index is 13.0. The van der Waals surface area contributed by atoms with Crippen LogP contribution in [0.3, 0.4) is 0 Å². The Balaban J connectivity index is 1.74. The molecule has 1 aliphatic carbocycles. The predicted octanol–water partition coefficient (Wildman–Crippen LogP) is 3.00. The second-order valence-corrected chi connectivity index (χ2v) is 6.98. The number of rotatable bonds is 4. The van der Waals surface area contributed by atoms with Crippen molar-refractivity contribution in [3.05, 3.63) is 71.3 Å². The monoisotopic (exact) mass is 358 g/mol. The second-order valence-electron chi connectivity index (χ2n) is 6.98. The molecule has 0 atom stereocenters. The van der Waals surface area contributed by atoms with Gasteiger partial charge in [0.15, 0.2) is 11.6 Å². The van der Waals surface area contributed by atoms with Crippen LogP contribution in [-0.4, -0.2) is 22.6 Å². The summed E-state index contributed by atoms with van der Waals surface area (Å²) in [5, 5.41) is 0. The summed E-state index contributed by atoms with van der Waals surface area (Å²) >= 11 is 0. The van der Waals surface area contributed by atoms with Gasteiger partial charge in [-0.25, -0.2) is 8.78 Å². The van der Waals surface area contributed by atoms with Gasteiger partial charge < -0.3 is 11.5 Å². The molecular formula is C20H20F2N2O2. The minimum Gasteiger partial charge on any atom is -0.319 e. The molecule has 2 aromatic rings. The third kappa shape index (κ3) is 3.43. The first kappa shape index (κ1) is 18.4. The standard InChI is InChI=1S/C20H20F2N2O2/c21-15-5-1-13(2-6-15)17(25)19(23)9-11-20(24,12-10-19)18(26)14-3-7-16(22)8-4-14/h1-8H,9-12,23-24H2. The highest BCUT2D eigenvalue weighted by molar-refractivity contribution is 6.05. The number of Topliss-reactive ketones (excluding diaryl/α,β-unsaturated/α-hetero) is 2. The zero-order valence-electron chi connectivity index (χ0n) is 14.2. The summed E-state index contributed by atoms with van der Waals surface area (Å²) in [4.78, 5) is 25.4. The minimum atomic E-state index is -1.14. The summed E-state index contributed by atoms with van der Waals surface area (Å²) in [5.74, 6) is -1.42. The molecule has 0 heterocycles. The van der Waals surface area contributed by atoms with Crippen LogP contribution in [0, 0.1) is 11.6 Å². The summed E-state index contributed by atoms with van der Waals surface area (Å²) in [5.41, 5.74) is 11.0. The highest BCUT2D eigenvalue weighted by Crippen LogP contribution is 2.36. The first-order valence-electron chi connectivity index (χ1n) is 8.42. The molecule has 2 aromatic carbocycles. The lowest BCUT2D eigenvalue weighted by Gasteiger charge is -2.41. The van der Waals surface area contributed by atoms with E-state index in [1.807, 2.05) is 0 Å². The van der Waals surface area contributed by atoms with E-state index in [0.717, 1.165) is 0 Å². The number of nitrogens with two attached hydrogens (primary N) is 2. The molecule has 0 bridgehead atoms. The molecule has 3 rings (SSSR count). The molecule has 0 unspecified atom stereocenters. The average molecular weight is 358 g/mol. The molecule has 6 heteroatoms. The van der Waals surface area contributed by atoms with Crippen LogP contribution >= 0.6 is 0 Å². The van der Waals surface area contributed by atoms with E-state index in [4.69, 9.17) is 11.5 Å². The highest BCUT2D eigenvalue weighted by Gasteiger charge is 2.46. The Morgan fingerprint density at radius 2 is 0.923 bits per heavy atom. The van der Waals surface area contributed by atoms with Crippen molar-refractivity contribution in [1.29, 1.82) is 0 Å². The van der Waals surface area contributed by atoms with Gasteiger partial charge in [0, 0.05) is 11.1 Å². The third-order valence-corrected chi connectivity index (χ3v) is 5.15. The van der Waals surface area contributed by atoms with Crippen LogP contribution in [0.5, 0.6) is 0 Å². The summed E-state index contributed by atoms with van der Waals surface area (Å²) in [6.07, 6.45) is 0.971. The maximum Gasteiger partial charge on any atom is 0.182 e. The van der Waals surface area contributed by atoms with E-state index in [1.54, 1.807) is 0 Å². The number of ketones is 2. The zero-order valence-corrected chi connectivity index (χ0v) is 14.2.